The maximum absolute atomic E-state index is 6.26. The van der Waals surface area contributed by atoms with Gasteiger partial charge in [0.2, 0.25) is 0 Å². The van der Waals surface area contributed by atoms with Gasteiger partial charge in [0.25, 0.3) is 0 Å². The minimum atomic E-state index is 0.0253. The first kappa shape index (κ1) is 12.7. The molecule has 4 heteroatoms. The zero-order valence-electron chi connectivity index (χ0n) is 10.2. The summed E-state index contributed by atoms with van der Waals surface area (Å²) in [4.78, 5) is 0. The van der Waals surface area contributed by atoms with E-state index in [1.165, 1.54) is 6.42 Å². The van der Waals surface area contributed by atoms with Gasteiger partial charge in [-0.15, -0.1) is 0 Å². The predicted molar refractivity (Wildman–Crippen MR) is 74.2 cm³/mol. The molecule has 18 heavy (non-hydrogen) atoms. The van der Waals surface area contributed by atoms with Crippen LogP contribution in [0, 0.1) is 5.41 Å². The van der Waals surface area contributed by atoms with Crippen molar-refractivity contribution in [2.45, 2.75) is 37.9 Å². The maximum Gasteiger partial charge on any atom is 0.0652 e. The van der Waals surface area contributed by atoms with E-state index >= 15 is 0 Å². The van der Waals surface area contributed by atoms with Gasteiger partial charge in [-0.25, -0.2) is 0 Å². The standard InChI is InChI=1S/C14H17Cl2NO/c15-11-2-1-3-12(16)10(11)7-14(8-17)6-9-4-5-13(14)18-9/h1-3,9,13H,4-8,17H2. The fourth-order valence-corrected chi connectivity index (χ4v) is 3.95. The molecular formula is C14H17Cl2NO. The van der Waals surface area contributed by atoms with Gasteiger partial charge in [0, 0.05) is 22.0 Å². The molecule has 2 heterocycles. The van der Waals surface area contributed by atoms with Gasteiger partial charge in [0.1, 0.15) is 0 Å². The summed E-state index contributed by atoms with van der Waals surface area (Å²) in [5.74, 6) is 0. The van der Waals surface area contributed by atoms with Crippen LogP contribution in [0.5, 0.6) is 0 Å². The summed E-state index contributed by atoms with van der Waals surface area (Å²) < 4.78 is 5.96. The highest BCUT2D eigenvalue weighted by Gasteiger charge is 2.51. The molecule has 1 aromatic rings. The lowest BCUT2D eigenvalue weighted by Crippen LogP contribution is -2.41. The number of hydrogen-bond acceptors (Lipinski definition) is 2. The van der Waals surface area contributed by atoms with Crippen molar-refractivity contribution in [1.82, 2.24) is 0 Å². The van der Waals surface area contributed by atoms with E-state index in [9.17, 15) is 0 Å². The smallest absolute Gasteiger partial charge is 0.0652 e. The Morgan fingerprint density at radius 3 is 2.50 bits per heavy atom. The molecule has 2 bridgehead atoms. The molecule has 0 radical (unpaired) electrons. The van der Waals surface area contributed by atoms with Crippen molar-refractivity contribution in [3.63, 3.8) is 0 Å². The molecule has 2 saturated heterocycles. The molecule has 2 nitrogen and oxygen atoms in total. The van der Waals surface area contributed by atoms with E-state index in [2.05, 4.69) is 0 Å². The first-order chi connectivity index (χ1) is 8.64. The summed E-state index contributed by atoms with van der Waals surface area (Å²) >= 11 is 12.5. The largest absolute Gasteiger partial charge is 0.374 e. The quantitative estimate of drug-likeness (QED) is 0.924. The van der Waals surface area contributed by atoms with Gasteiger partial charge in [-0.05, 0) is 43.4 Å². The summed E-state index contributed by atoms with van der Waals surface area (Å²) in [6.07, 6.45) is 4.81. The van der Waals surface area contributed by atoms with Crippen molar-refractivity contribution in [1.29, 1.82) is 0 Å². The molecule has 0 saturated carbocycles. The number of fused-ring (bicyclic) bond motifs is 2. The van der Waals surface area contributed by atoms with E-state index in [0.717, 1.165) is 34.9 Å². The second kappa shape index (κ2) is 4.68. The highest BCUT2D eigenvalue weighted by molar-refractivity contribution is 6.36. The van der Waals surface area contributed by atoms with Crippen molar-refractivity contribution in [3.8, 4) is 0 Å². The molecule has 3 rings (SSSR count). The zero-order chi connectivity index (χ0) is 12.8. The highest BCUT2D eigenvalue weighted by atomic mass is 35.5. The van der Waals surface area contributed by atoms with Crippen molar-refractivity contribution in [3.05, 3.63) is 33.8 Å². The Morgan fingerprint density at radius 1 is 1.28 bits per heavy atom. The van der Waals surface area contributed by atoms with Crippen LogP contribution in [0.2, 0.25) is 10.0 Å². The van der Waals surface area contributed by atoms with E-state index in [1.54, 1.807) is 0 Å². The molecule has 0 aliphatic carbocycles. The minimum absolute atomic E-state index is 0.0253. The van der Waals surface area contributed by atoms with Crippen LogP contribution in [0.25, 0.3) is 0 Å². The molecular weight excluding hydrogens is 269 g/mol. The third-order valence-electron chi connectivity index (χ3n) is 4.42. The van der Waals surface area contributed by atoms with Crippen molar-refractivity contribution >= 4 is 23.2 Å². The normalized spacial score (nSPS) is 34.2. The molecule has 1 aromatic carbocycles. The van der Waals surface area contributed by atoms with Gasteiger partial charge < -0.3 is 10.5 Å². The maximum atomic E-state index is 6.26. The summed E-state index contributed by atoms with van der Waals surface area (Å²) in [6, 6.07) is 5.66. The molecule has 0 amide bonds. The Labute approximate surface area is 117 Å². The highest BCUT2D eigenvalue weighted by Crippen LogP contribution is 2.50. The summed E-state index contributed by atoms with van der Waals surface area (Å²) in [7, 11) is 0. The monoisotopic (exact) mass is 285 g/mol. The second-order valence-electron chi connectivity index (χ2n) is 5.47. The van der Waals surface area contributed by atoms with Gasteiger partial charge >= 0.3 is 0 Å². The van der Waals surface area contributed by atoms with Crippen molar-refractivity contribution < 1.29 is 4.74 Å². The summed E-state index contributed by atoms with van der Waals surface area (Å²) in [5.41, 5.74) is 7.08. The van der Waals surface area contributed by atoms with Crippen LogP contribution in [0.4, 0.5) is 0 Å². The van der Waals surface area contributed by atoms with Crippen LogP contribution in [0.3, 0.4) is 0 Å². The van der Waals surface area contributed by atoms with E-state index < -0.39 is 0 Å². The first-order valence-electron chi connectivity index (χ1n) is 6.43. The van der Waals surface area contributed by atoms with Gasteiger partial charge in [0.15, 0.2) is 0 Å². The van der Waals surface area contributed by atoms with Crippen LogP contribution in [0.15, 0.2) is 18.2 Å². The Morgan fingerprint density at radius 2 is 2.00 bits per heavy atom. The second-order valence-corrected chi connectivity index (χ2v) is 6.29. The van der Waals surface area contributed by atoms with Crippen LogP contribution >= 0.6 is 23.2 Å². The average molecular weight is 286 g/mol. The lowest BCUT2D eigenvalue weighted by molar-refractivity contribution is 0.0636. The zero-order valence-corrected chi connectivity index (χ0v) is 11.7. The first-order valence-corrected chi connectivity index (χ1v) is 7.19. The van der Waals surface area contributed by atoms with Crippen LogP contribution in [-0.2, 0) is 11.2 Å². The van der Waals surface area contributed by atoms with Gasteiger partial charge in [-0.1, -0.05) is 29.3 Å². The van der Waals surface area contributed by atoms with Crippen LogP contribution < -0.4 is 5.73 Å². The van der Waals surface area contributed by atoms with Crippen molar-refractivity contribution in [2.24, 2.45) is 11.1 Å². The molecule has 3 atom stereocenters. The topological polar surface area (TPSA) is 35.2 Å². The number of halogens is 2. The Kier molecular flexibility index (Phi) is 3.31. The molecule has 2 N–H and O–H groups in total. The molecule has 3 unspecified atom stereocenters. The Balaban J connectivity index is 1.91. The number of benzene rings is 1. The lowest BCUT2D eigenvalue weighted by atomic mass is 9.70. The van der Waals surface area contributed by atoms with Crippen molar-refractivity contribution in [2.75, 3.05) is 6.54 Å². The minimum Gasteiger partial charge on any atom is -0.374 e. The number of rotatable bonds is 3. The third-order valence-corrected chi connectivity index (χ3v) is 5.13. The average Bonchev–Trinajstić information content (AvgIpc) is 2.95. The molecule has 2 aliphatic rings. The number of hydrogen-bond donors (Lipinski definition) is 1. The Hall–Kier alpha value is -0.280. The van der Waals surface area contributed by atoms with E-state index in [1.807, 2.05) is 18.2 Å². The predicted octanol–water partition coefficient (Wildman–Crippen LogP) is 3.43. The molecule has 2 aliphatic heterocycles. The van der Waals surface area contributed by atoms with Gasteiger partial charge in [-0.3, -0.25) is 0 Å². The van der Waals surface area contributed by atoms with Crippen LogP contribution in [-0.4, -0.2) is 18.8 Å². The summed E-state index contributed by atoms with van der Waals surface area (Å²) in [5, 5.41) is 1.47. The van der Waals surface area contributed by atoms with Crippen LogP contribution in [0.1, 0.15) is 24.8 Å². The molecule has 98 valence electrons. The number of nitrogens with two attached hydrogens (primary N) is 1. The third kappa shape index (κ3) is 1.96. The van der Waals surface area contributed by atoms with E-state index in [0.29, 0.717) is 12.6 Å². The Bertz CT molecular complexity index is 445. The number of ether oxygens (including phenoxy) is 1. The van der Waals surface area contributed by atoms with E-state index in [-0.39, 0.29) is 11.5 Å². The molecule has 2 fully saturated rings. The van der Waals surface area contributed by atoms with E-state index in [4.69, 9.17) is 33.7 Å². The summed E-state index contributed by atoms with van der Waals surface area (Å²) in [6.45, 7) is 0.635. The fraction of sp³-hybridized carbons (Fsp3) is 0.571. The fourth-order valence-electron chi connectivity index (χ4n) is 3.42. The molecule has 0 spiro atoms. The SMILES string of the molecule is NCC1(Cc2c(Cl)cccc2Cl)CC2CCC1O2. The molecule has 0 aromatic heterocycles. The van der Waals surface area contributed by atoms with Gasteiger partial charge in [-0.2, -0.15) is 0 Å². The lowest BCUT2D eigenvalue weighted by Gasteiger charge is -2.34. The van der Waals surface area contributed by atoms with Gasteiger partial charge in [0.05, 0.1) is 12.2 Å².